The summed E-state index contributed by atoms with van der Waals surface area (Å²) in [7, 11) is -2.20. The summed E-state index contributed by atoms with van der Waals surface area (Å²) in [6.07, 6.45) is 2.21. The SMILES string of the molecule is CN(CCCNc1cc(-c2ccccc2Cl)nc2c(Br)cnn12)S(=O)(=O)c1cc(Cl)cc(Cl)c1. The van der Waals surface area contributed by atoms with E-state index in [1.165, 1.54) is 29.6 Å². The largest absolute Gasteiger partial charge is 0.370 e. The number of nitrogens with one attached hydrogen (secondary N) is 1. The highest BCUT2D eigenvalue weighted by atomic mass is 79.9. The lowest BCUT2D eigenvalue weighted by atomic mass is 10.1. The second-order valence-corrected chi connectivity index (χ2v) is 11.6. The number of halogens is 4. The molecule has 2 aromatic heterocycles. The molecule has 4 rings (SSSR count). The molecule has 0 bridgehead atoms. The number of fused-ring (bicyclic) bond motifs is 1. The Balaban J connectivity index is 1.49. The summed E-state index contributed by atoms with van der Waals surface area (Å²) in [5.41, 5.74) is 2.13. The Hall–Kier alpha value is -1.88. The summed E-state index contributed by atoms with van der Waals surface area (Å²) in [6, 6.07) is 13.6. The Morgan fingerprint density at radius 1 is 1.09 bits per heavy atom. The molecule has 7 nitrogen and oxygen atoms in total. The van der Waals surface area contributed by atoms with Gasteiger partial charge in [0.25, 0.3) is 0 Å². The van der Waals surface area contributed by atoms with E-state index in [2.05, 4.69) is 31.3 Å². The molecule has 0 radical (unpaired) electrons. The molecule has 2 aromatic carbocycles. The number of hydrogen-bond acceptors (Lipinski definition) is 5. The van der Waals surface area contributed by atoms with Gasteiger partial charge in [0.05, 0.1) is 21.3 Å². The van der Waals surface area contributed by atoms with Gasteiger partial charge in [-0.1, -0.05) is 53.0 Å². The molecule has 178 valence electrons. The zero-order valence-corrected chi connectivity index (χ0v) is 22.5. The van der Waals surface area contributed by atoms with E-state index in [1.807, 2.05) is 30.3 Å². The van der Waals surface area contributed by atoms with Crippen molar-refractivity contribution < 1.29 is 8.42 Å². The maximum absolute atomic E-state index is 12.9. The van der Waals surface area contributed by atoms with Crippen LogP contribution in [0.5, 0.6) is 0 Å². The highest BCUT2D eigenvalue weighted by molar-refractivity contribution is 9.10. The van der Waals surface area contributed by atoms with E-state index < -0.39 is 10.0 Å². The maximum Gasteiger partial charge on any atom is 0.242 e. The van der Waals surface area contributed by atoms with Crippen molar-refractivity contribution >= 4 is 72.2 Å². The van der Waals surface area contributed by atoms with Gasteiger partial charge >= 0.3 is 0 Å². The van der Waals surface area contributed by atoms with E-state index >= 15 is 0 Å². The smallest absolute Gasteiger partial charge is 0.242 e. The van der Waals surface area contributed by atoms with Gasteiger partial charge in [-0.15, -0.1) is 0 Å². The lowest BCUT2D eigenvalue weighted by Gasteiger charge is -2.18. The third kappa shape index (κ3) is 5.35. The molecule has 0 saturated heterocycles. The summed E-state index contributed by atoms with van der Waals surface area (Å²) in [6.45, 7) is 0.780. The highest BCUT2D eigenvalue weighted by Crippen LogP contribution is 2.30. The first-order valence-electron chi connectivity index (χ1n) is 10.1. The van der Waals surface area contributed by atoms with Crippen LogP contribution in [0.15, 0.2) is 64.1 Å². The first-order chi connectivity index (χ1) is 16.2. The number of nitrogens with zero attached hydrogens (tertiary/aromatic N) is 4. The van der Waals surface area contributed by atoms with Crippen molar-refractivity contribution in [1.82, 2.24) is 18.9 Å². The molecule has 0 aliphatic carbocycles. The normalized spacial score (nSPS) is 11.9. The molecule has 0 fully saturated rings. The lowest BCUT2D eigenvalue weighted by molar-refractivity contribution is 0.465. The third-order valence-electron chi connectivity index (χ3n) is 5.08. The number of benzene rings is 2. The first-order valence-corrected chi connectivity index (χ1v) is 13.5. The van der Waals surface area contributed by atoms with Crippen molar-refractivity contribution in [3.05, 3.63) is 74.3 Å². The number of rotatable bonds is 8. The molecule has 0 saturated carbocycles. The van der Waals surface area contributed by atoms with Gasteiger partial charge in [-0.2, -0.15) is 9.61 Å². The Bertz CT molecular complexity index is 1440. The third-order valence-corrected chi connectivity index (χ3v) is 8.24. The van der Waals surface area contributed by atoms with Crippen LogP contribution in [0.4, 0.5) is 5.82 Å². The number of aromatic nitrogens is 3. The summed E-state index contributed by atoms with van der Waals surface area (Å²) in [5, 5.41) is 8.82. The van der Waals surface area contributed by atoms with Crippen molar-refractivity contribution in [2.45, 2.75) is 11.3 Å². The maximum atomic E-state index is 12.9. The number of hydrogen-bond donors (Lipinski definition) is 1. The molecular weight excluding hydrogens is 585 g/mol. The quantitative estimate of drug-likeness (QED) is 0.241. The van der Waals surface area contributed by atoms with Crippen molar-refractivity contribution in [2.24, 2.45) is 0 Å². The molecule has 0 aliphatic heterocycles. The topological polar surface area (TPSA) is 79.6 Å². The summed E-state index contributed by atoms with van der Waals surface area (Å²) in [5.74, 6) is 0.706. The Morgan fingerprint density at radius 3 is 2.50 bits per heavy atom. The van der Waals surface area contributed by atoms with Crippen molar-refractivity contribution in [1.29, 1.82) is 0 Å². The van der Waals surface area contributed by atoms with Gasteiger partial charge < -0.3 is 5.32 Å². The van der Waals surface area contributed by atoms with E-state index in [0.29, 0.717) is 35.1 Å². The molecule has 2 heterocycles. The number of anilines is 1. The molecule has 0 aliphatic rings. The van der Waals surface area contributed by atoms with Crippen LogP contribution in [-0.4, -0.2) is 47.5 Å². The van der Waals surface area contributed by atoms with Gasteiger partial charge in [-0.3, -0.25) is 0 Å². The average molecular weight is 604 g/mol. The molecule has 12 heteroatoms. The lowest BCUT2D eigenvalue weighted by Crippen LogP contribution is -2.29. The fourth-order valence-electron chi connectivity index (χ4n) is 3.36. The van der Waals surface area contributed by atoms with Crippen LogP contribution in [0.25, 0.3) is 16.9 Å². The van der Waals surface area contributed by atoms with Gasteiger partial charge in [0.1, 0.15) is 5.82 Å². The zero-order valence-electron chi connectivity index (χ0n) is 17.8. The van der Waals surface area contributed by atoms with Crippen LogP contribution in [0.3, 0.4) is 0 Å². The predicted molar refractivity (Wildman–Crippen MR) is 141 cm³/mol. The fraction of sp³-hybridized carbons (Fsp3) is 0.182. The molecule has 0 spiro atoms. The van der Waals surface area contributed by atoms with Crippen molar-refractivity contribution in [3.8, 4) is 11.3 Å². The minimum atomic E-state index is -3.72. The molecule has 0 unspecified atom stereocenters. The first kappa shape index (κ1) is 25.2. The van der Waals surface area contributed by atoms with Crippen LogP contribution >= 0.6 is 50.7 Å². The van der Waals surface area contributed by atoms with Gasteiger partial charge in [-0.25, -0.2) is 17.7 Å². The fourth-order valence-corrected chi connectivity index (χ4v) is 5.88. The Morgan fingerprint density at radius 2 is 1.79 bits per heavy atom. The molecule has 4 aromatic rings. The summed E-state index contributed by atoms with van der Waals surface area (Å²) >= 11 is 21.8. The van der Waals surface area contributed by atoms with Crippen LogP contribution in [0.2, 0.25) is 15.1 Å². The van der Waals surface area contributed by atoms with Gasteiger partial charge in [0.15, 0.2) is 5.65 Å². The minimum absolute atomic E-state index is 0.0575. The number of sulfonamides is 1. The zero-order chi connectivity index (χ0) is 24.5. The van der Waals surface area contributed by atoms with Crippen LogP contribution in [-0.2, 0) is 10.0 Å². The standard InChI is InChI=1S/C22H19BrCl3N5O2S/c1-30(34(32,33)16-10-14(24)9-15(25)11-16)8-4-7-27-21-12-20(17-5-2-3-6-19(17)26)29-22-18(23)13-28-31(21)22/h2-3,5-6,9-13,27H,4,7-8H2,1H3. The highest BCUT2D eigenvalue weighted by Gasteiger charge is 2.21. The molecule has 1 N–H and O–H groups in total. The van der Waals surface area contributed by atoms with E-state index in [9.17, 15) is 8.42 Å². The minimum Gasteiger partial charge on any atom is -0.370 e. The van der Waals surface area contributed by atoms with E-state index in [-0.39, 0.29) is 21.5 Å². The Labute approximate surface area is 220 Å². The van der Waals surface area contributed by atoms with Gasteiger partial charge in [0, 0.05) is 46.8 Å². The van der Waals surface area contributed by atoms with E-state index in [4.69, 9.17) is 34.8 Å². The van der Waals surface area contributed by atoms with Crippen molar-refractivity contribution in [3.63, 3.8) is 0 Å². The van der Waals surface area contributed by atoms with E-state index in [0.717, 1.165) is 10.0 Å². The Kier molecular flexibility index (Phi) is 7.71. The molecule has 0 amide bonds. The van der Waals surface area contributed by atoms with Crippen molar-refractivity contribution in [2.75, 3.05) is 25.5 Å². The van der Waals surface area contributed by atoms with Crippen LogP contribution in [0.1, 0.15) is 6.42 Å². The van der Waals surface area contributed by atoms with E-state index in [1.54, 1.807) is 10.7 Å². The predicted octanol–water partition coefficient (Wildman–Crippen LogP) is 6.24. The monoisotopic (exact) mass is 601 g/mol. The second kappa shape index (κ2) is 10.4. The molecule has 0 atom stereocenters. The summed E-state index contributed by atoms with van der Waals surface area (Å²) < 4.78 is 29.4. The van der Waals surface area contributed by atoms with Crippen LogP contribution in [0, 0.1) is 0 Å². The summed E-state index contributed by atoms with van der Waals surface area (Å²) in [4.78, 5) is 4.74. The molecular formula is C22H19BrCl3N5O2S. The second-order valence-electron chi connectivity index (χ2n) is 7.45. The molecule has 34 heavy (non-hydrogen) atoms. The van der Waals surface area contributed by atoms with Crippen LogP contribution < -0.4 is 5.32 Å². The van der Waals surface area contributed by atoms with Gasteiger partial charge in [0.2, 0.25) is 10.0 Å². The average Bonchev–Trinajstić information content (AvgIpc) is 3.17. The van der Waals surface area contributed by atoms with Gasteiger partial charge in [-0.05, 0) is 46.6 Å².